The number of halogens is 1. The number of carbonyl (C=O) groups is 2. The van der Waals surface area contributed by atoms with E-state index < -0.39 is 0 Å². The van der Waals surface area contributed by atoms with Gasteiger partial charge in [0.05, 0.1) is 0 Å². The van der Waals surface area contributed by atoms with Crippen LogP contribution in [0.25, 0.3) is 0 Å². The highest BCUT2D eigenvalue weighted by Crippen LogP contribution is 2.21. The van der Waals surface area contributed by atoms with Crippen molar-refractivity contribution in [2.24, 2.45) is 0 Å². The van der Waals surface area contributed by atoms with Gasteiger partial charge in [0.1, 0.15) is 5.75 Å². The summed E-state index contributed by atoms with van der Waals surface area (Å²) in [6.45, 7) is 5.68. The SMILES string of the molecule is CCC(C)NC(=O)c1cccc(NC(=O)COc2ccc(Cl)c(C)c2)c1. The zero-order valence-electron chi connectivity index (χ0n) is 15.1. The predicted molar refractivity (Wildman–Crippen MR) is 104 cm³/mol. The zero-order valence-corrected chi connectivity index (χ0v) is 15.9. The Kier molecular flexibility index (Phi) is 7.04. The van der Waals surface area contributed by atoms with Crippen LogP contribution in [0.3, 0.4) is 0 Å². The first-order chi connectivity index (χ1) is 12.4. The fraction of sp³-hybridized carbons (Fsp3) is 0.300. The second-order valence-electron chi connectivity index (χ2n) is 6.11. The Balaban J connectivity index is 1.93. The number of hydrogen-bond donors (Lipinski definition) is 2. The molecule has 0 fully saturated rings. The third-order valence-corrected chi connectivity index (χ3v) is 4.32. The Bertz CT molecular complexity index is 792. The molecule has 2 amide bonds. The molecule has 0 saturated carbocycles. The molecule has 2 rings (SSSR count). The predicted octanol–water partition coefficient (Wildman–Crippen LogP) is 4.19. The van der Waals surface area contributed by atoms with E-state index in [1.165, 1.54) is 0 Å². The summed E-state index contributed by atoms with van der Waals surface area (Å²) in [5.74, 6) is 0.101. The van der Waals surface area contributed by atoms with Crippen LogP contribution in [-0.2, 0) is 4.79 Å². The highest BCUT2D eigenvalue weighted by molar-refractivity contribution is 6.31. The van der Waals surface area contributed by atoms with Crippen LogP contribution in [0.5, 0.6) is 5.75 Å². The number of carbonyl (C=O) groups excluding carboxylic acids is 2. The van der Waals surface area contributed by atoms with Gasteiger partial charge in [-0.2, -0.15) is 0 Å². The number of rotatable bonds is 7. The van der Waals surface area contributed by atoms with Gasteiger partial charge in [-0.25, -0.2) is 0 Å². The van der Waals surface area contributed by atoms with E-state index in [0.29, 0.717) is 22.0 Å². The maximum atomic E-state index is 12.2. The van der Waals surface area contributed by atoms with Crippen molar-refractivity contribution in [1.29, 1.82) is 0 Å². The van der Waals surface area contributed by atoms with E-state index in [4.69, 9.17) is 16.3 Å². The second kappa shape index (κ2) is 9.25. The highest BCUT2D eigenvalue weighted by atomic mass is 35.5. The van der Waals surface area contributed by atoms with E-state index in [1.807, 2.05) is 20.8 Å². The summed E-state index contributed by atoms with van der Waals surface area (Å²) in [7, 11) is 0. The van der Waals surface area contributed by atoms with Crippen LogP contribution in [0.2, 0.25) is 5.02 Å². The summed E-state index contributed by atoms with van der Waals surface area (Å²) in [5.41, 5.74) is 1.92. The van der Waals surface area contributed by atoms with Crippen LogP contribution >= 0.6 is 11.6 Å². The van der Waals surface area contributed by atoms with E-state index in [1.54, 1.807) is 42.5 Å². The van der Waals surface area contributed by atoms with E-state index in [0.717, 1.165) is 12.0 Å². The van der Waals surface area contributed by atoms with Gasteiger partial charge in [-0.15, -0.1) is 0 Å². The molecule has 138 valence electrons. The van der Waals surface area contributed by atoms with Crippen molar-refractivity contribution in [3.8, 4) is 5.75 Å². The number of aryl methyl sites for hydroxylation is 1. The van der Waals surface area contributed by atoms with Gasteiger partial charge in [0.25, 0.3) is 11.8 Å². The van der Waals surface area contributed by atoms with Crippen molar-refractivity contribution < 1.29 is 14.3 Å². The Morgan fingerprint density at radius 2 is 1.96 bits per heavy atom. The smallest absolute Gasteiger partial charge is 0.262 e. The molecular weight excluding hydrogens is 352 g/mol. The molecule has 0 aromatic heterocycles. The Labute approximate surface area is 158 Å². The molecule has 0 heterocycles. The van der Waals surface area contributed by atoms with Gasteiger partial charge in [0, 0.05) is 22.3 Å². The van der Waals surface area contributed by atoms with Crippen molar-refractivity contribution >= 4 is 29.1 Å². The van der Waals surface area contributed by atoms with Crippen molar-refractivity contribution in [1.82, 2.24) is 5.32 Å². The van der Waals surface area contributed by atoms with Crippen LogP contribution in [0.4, 0.5) is 5.69 Å². The topological polar surface area (TPSA) is 67.4 Å². The first-order valence-corrected chi connectivity index (χ1v) is 8.86. The van der Waals surface area contributed by atoms with Gasteiger partial charge >= 0.3 is 0 Å². The maximum Gasteiger partial charge on any atom is 0.262 e. The van der Waals surface area contributed by atoms with E-state index >= 15 is 0 Å². The molecule has 0 aliphatic heterocycles. The molecule has 26 heavy (non-hydrogen) atoms. The molecule has 0 aliphatic carbocycles. The molecule has 0 spiro atoms. The van der Waals surface area contributed by atoms with Gasteiger partial charge in [-0.05, 0) is 62.2 Å². The van der Waals surface area contributed by atoms with Crippen LogP contribution < -0.4 is 15.4 Å². The van der Waals surface area contributed by atoms with Crippen molar-refractivity contribution in [3.05, 3.63) is 58.6 Å². The number of ether oxygens (including phenoxy) is 1. The monoisotopic (exact) mass is 374 g/mol. The average Bonchev–Trinajstić information content (AvgIpc) is 2.62. The molecule has 2 aromatic carbocycles. The quantitative estimate of drug-likeness (QED) is 0.763. The minimum absolute atomic E-state index is 0.0944. The van der Waals surface area contributed by atoms with E-state index in [-0.39, 0.29) is 24.5 Å². The van der Waals surface area contributed by atoms with E-state index in [9.17, 15) is 9.59 Å². The lowest BCUT2D eigenvalue weighted by Crippen LogP contribution is -2.32. The summed E-state index contributed by atoms with van der Waals surface area (Å²) < 4.78 is 5.47. The molecule has 0 aliphatic rings. The van der Waals surface area contributed by atoms with Crippen molar-refractivity contribution in [2.45, 2.75) is 33.2 Å². The van der Waals surface area contributed by atoms with Crippen LogP contribution in [0, 0.1) is 6.92 Å². The molecule has 1 atom stereocenters. The molecule has 5 nitrogen and oxygen atoms in total. The van der Waals surface area contributed by atoms with Gasteiger partial charge in [0.2, 0.25) is 0 Å². The third kappa shape index (κ3) is 5.77. The first-order valence-electron chi connectivity index (χ1n) is 8.48. The van der Waals surface area contributed by atoms with Gasteiger partial charge in [-0.1, -0.05) is 24.6 Å². The number of hydrogen-bond acceptors (Lipinski definition) is 3. The minimum atomic E-state index is -0.308. The van der Waals surface area contributed by atoms with Gasteiger partial charge < -0.3 is 15.4 Å². The number of anilines is 1. The summed E-state index contributed by atoms with van der Waals surface area (Å²) in [6.07, 6.45) is 0.851. The average molecular weight is 375 g/mol. The molecule has 1 unspecified atom stereocenters. The van der Waals surface area contributed by atoms with Crippen LogP contribution in [0.1, 0.15) is 36.2 Å². The van der Waals surface area contributed by atoms with Crippen LogP contribution in [0.15, 0.2) is 42.5 Å². The molecule has 2 N–H and O–H groups in total. The number of nitrogens with one attached hydrogen (secondary N) is 2. The normalized spacial score (nSPS) is 11.5. The fourth-order valence-corrected chi connectivity index (χ4v) is 2.32. The van der Waals surface area contributed by atoms with Gasteiger partial charge in [-0.3, -0.25) is 9.59 Å². The standard InChI is InChI=1S/C20H23ClN2O3/c1-4-14(3)22-20(25)15-6-5-7-16(11-15)23-19(24)12-26-17-8-9-18(21)13(2)10-17/h5-11,14H,4,12H2,1-3H3,(H,22,25)(H,23,24). The summed E-state index contributed by atoms with van der Waals surface area (Å²) >= 11 is 5.96. The molecule has 0 bridgehead atoms. The van der Waals surface area contributed by atoms with E-state index in [2.05, 4.69) is 10.6 Å². The second-order valence-corrected chi connectivity index (χ2v) is 6.52. The Morgan fingerprint density at radius 3 is 2.65 bits per heavy atom. The molecular formula is C20H23ClN2O3. The summed E-state index contributed by atoms with van der Waals surface area (Å²) in [6, 6.07) is 12.1. The lowest BCUT2D eigenvalue weighted by atomic mass is 10.1. The molecule has 0 radical (unpaired) electrons. The first kappa shape index (κ1) is 19.8. The largest absolute Gasteiger partial charge is 0.484 e. The summed E-state index contributed by atoms with van der Waals surface area (Å²) in [5, 5.41) is 6.27. The van der Waals surface area contributed by atoms with Crippen LogP contribution in [-0.4, -0.2) is 24.5 Å². The van der Waals surface area contributed by atoms with Gasteiger partial charge in [0.15, 0.2) is 6.61 Å². The minimum Gasteiger partial charge on any atom is -0.484 e. The van der Waals surface area contributed by atoms with Crippen molar-refractivity contribution in [2.75, 3.05) is 11.9 Å². The zero-order chi connectivity index (χ0) is 19.1. The maximum absolute atomic E-state index is 12.2. The number of benzene rings is 2. The molecule has 6 heteroatoms. The lowest BCUT2D eigenvalue weighted by molar-refractivity contribution is -0.118. The lowest BCUT2D eigenvalue weighted by Gasteiger charge is -2.12. The Hall–Kier alpha value is -2.53. The molecule has 2 aromatic rings. The highest BCUT2D eigenvalue weighted by Gasteiger charge is 2.10. The third-order valence-electron chi connectivity index (χ3n) is 3.90. The van der Waals surface area contributed by atoms with Crippen molar-refractivity contribution in [3.63, 3.8) is 0 Å². The Morgan fingerprint density at radius 1 is 1.19 bits per heavy atom. The fourth-order valence-electron chi connectivity index (χ4n) is 2.20. The number of amides is 2. The summed E-state index contributed by atoms with van der Waals surface area (Å²) in [4.78, 5) is 24.2. The molecule has 0 saturated heterocycles.